The molecule has 0 saturated heterocycles. The van der Waals surface area contributed by atoms with Gasteiger partial charge in [-0.3, -0.25) is 0 Å². The maximum atomic E-state index is 11.3. The standard InChI is InChI=1S/C7H7O.3C2H4O2.Pb/c1-8-7-5-3-2-4-6-7;3*1-2(3)4;/h3-6H,1H3;3*1H3,(H,3,4);/q;;;;+3/p-3. The Bertz CT molecular complexity index is 497. The number of benzene rings is 1. The molecule has 1 aromatic carbocycles. The Labute approximate surface area is 128 Å². The van der Waals surface area contributed by atoms with Crippen molar-refractivity contribution in [2.45, 2.75) is 20.8 Å². The van der Waals surface area contributed by atoms with Crippen molar-refractivity contribution in [3.8, 4) is 5.75 Å². The number of carbonyl (C=O) groups is 3. The average molecular weight is 491 g/mol. The van der Waals surface area contributed by atoms with Crippen LogP contribution in [0.15, 0.2) is 24.3 Å². The van der Waals surface area contributed by atoms with Gasteiger partial charge in [-0.15, -0.1) is 0 Å². The van der Waals surface area contributed by atoms with E-state index in [0.717, 1.165) is 20.8 Å². The van der Waals surface area contributed by atoms with Crippen molar-refractivity contribution in [3.05, 3.63) is 24.3 Å². The number of rotatable bonds is 5. The van der Waals surface area contributed by atoms with Crippen molar-refractivity contribution in [3.63, 3.8) is 0 Å². The van der Waals surface area contributed by atoms with Gasteiger partial charge in [0.1, 0.15) is 0 Å². The summed E-state index contributed by atoms with van der Waals surface area (Å²) in [5.74, 6) is -1.49. The molecule has 0 saturated carbocycles. The first kappa shape index (κ1) is 17.4. The molecule has 0 N–H and O–H groups in total. The molecule has 0 aliphatic heterocycles. The van der Waals surface area contributed by atoms with Gasteiger partial charge in [-0.1, -0.05) is 0 Å². The summed E-state index contributed by atoms with van der Waals surface area (Å²) in [5.41, 5.74) is 0. The Morgan fingerprint density at radius 1 is 0.810 bits per heavy atom. The van der Waals surface area contributed by atoms with Gasteiger partial charge in [0, 0.05) is 0 Å². The Hall–Kier alpha value is -1.65. The zero-order chi connectivity index (χ0) is 16.0. The Morgan fingerprint density at radius 3 is 1.48 bits per heavy atom. The van der Waals surface area contributed by atoms with Crippen LogP contribution in [0.5, 0.6) is 5.75 Å². The topological polar surface area (TPSA) is 88.1 Å². The molecule has 114 valence electrons. The monoisotopic (exact) mass is 492 g/mol. The molecule has 8 heteroatoms. The summed E-state index contributed by atoms with van der Waals surface area (Å²) in [7, 11) is 1.50. The van der Waals surface area contributed by atoms with Gasteiger partial charge in [0.05, 0.1) is 0 Å². The van der Waals surface area contributed by atoms with Crippen LogP contribution in [0.25, 0.3) is 0 Å². The van der Waals surface area contributed by atoms with E-state index in [1.54, 1.807) is 24.3 Å². The van der Waals surface area contributed by atoms with Gasteiger partial charge in [0.15, 0.2) is 0 Å². The third-order valence-corrected chi connectivity index (χ3v) is 12.8. The van der Waals surface area contributed by atoms with Crippen LogP contribution in [0.2, 0.25) is 0 Å². The number of ether oxygens (including phenoxy) is 1. The molecule has 21 heavy (non-hydrogen) atoms. The van der Waals surface area contributed by atoms with E-state index in [1.165, 1.54) is 7.11 Å². The van der Waals surface area contributed by atoms with Crippen LogP contribution in [0.3, 0.4) is 0 Å². The molecule has 0 bridgehead atoms. The van der Waals surface area contributed by atoms with Crippen LogP contribution in [-0.4, -0.2) is 47.5 Å². The number of methoxy groups -OCH3 is 1. The molecule has 0 fully saturated rings. The number of hydrogen-bond donors (Lipinski definition) is 0. The molecule has 0 amide bonds. The van der Waals surface area contributed by atoms with Crippen molar-refractivity contribution in [1.82, 2.24) is 0 Å². The zero-order valence-corrected chi connectivity index (χ0v) is 16.1. The van der Waals surface area contributed by atoms with Crippen LogP contribution < -0.4 is 7.86 Å². The molecular formula is C13H16O7Pb. The fourth-order valence-electron chi connectivity index (χ4n) is 1.60. The van der Waals surface area contributed by atoms with Crippen LogP contribution in [-0.2, 0) is 22.4 Å². The summed E-state index contributed by atoms with van der Waals surface area (Å²) < 4.78 is 20.9. The molecule has 0 radical (unpaired) electrons. The molecule has 1 aromatic rings. The minimum atomic E-state index is -5.05. The molecule has 0 atom stereocenters. The van der Waals surface area contributed by atoms with Gasteiger partial charge in [-0.05, 0) is 0 Å². The first-order chi connectivity index (χ1) is 9.79. The summed E-state index contributed by atoms with van der Waals surface area (Å²) >= 11 is -5.05. The minimum absolute atomic E-state index is 0.379. The van der Waals surface area contributed by atoms with Crippen molar-refractivity contribution < 1.29 is 27.2 Å². The average Bonchev–Trinajstić information content (AvgIpc) is 2.36. The molecule has 0 spiro atoms. The molecule has 0 aromatic heterocycles. The molecule has 1 rings (SSSR count). The van der Waals surface area contributed by atoms with E-state index in [9.17, 15) is 14.4 Å². The van der Waals surface area contributed by atoms with Gasteiger partial charge in [-0.25, -0.2) is 0 Å². The van der Waals surface area contributed by atoms with Crippen LogP contribution in [0.1, 0.15) is 20.8 Å². The first-order valence-electron chi connectivity index (χ1n) is 6.02. The van der Waals surface area contributed by atoms with Crippen molar-refractivity contribution in [1.29, 1.82) is 0 Å². The zero-order valence-electron chi connectivity index (χ0n) is 12.2. The van der Waals surface area contributed by atoms with Crippen LogP contribution in [0.4, 0.5) is 0 Å². The fraction of sp³-hybridized carbons (Fsp3) is 0.308. The molecule has 0 unspecified atom stereocenters. The summed E-state index contributed by atoms with van der Waals surface area (Å²) in [4.78, 5) is 34.0. The Morgan fingerprint density at radius 2 is 1.19 bits per heavy atom. The summed E-state index contributed by atoms with van der Waals surface area (Å²) in [6.07, 6.45) is 0. The molecular weight excluding hydrogens is 475 g/mol. The second-order valence-electron chi connectivity index (χ2n) is 4.07. The van der Waals surface area contributed by atoms with Crippen LogP contribution in [0, 0.1) is 0 Å². The maximum absolute atomic E-state index is 11.3. The van der Waals surface area contributed by atoms with Gasteiger partial charge >= 0.3 is 129 Å². The number of hydrogen-bond acceptors (Lipinski definition) is 7. The van der Waals surface area contributed by atoms with E-state index < -0.39 is 40.4 Å². The summed E-state index contributed by atoms with van der Waals surface area (Å²) in [6, 6.07) is 6.30. The SMILES string of the molecule is COc1cc[c]([Pb]([O]C(C)=O)([O]C(C)=O)[O]C(C)=O)cc1. The molecule has 0 heterocycles. The van der Waals surface area contributed by atoms with Crippen molar-refractivity contribution >= 4 is 43.6 Å². The molecule has 7 nitrogen and oxygen atoms in total. The van der Waals surface area contributed by atoms with Crippen LogP contribution >= 0.6 is 0 Å². The van der Waals surface area contributed by atoms with E-state index in [2.05, 4.69) is 0 Å². The predicted molar refractivity (Wildman–Crippen MR) is 73.7 cm³/mol. The first-order valence-corrected chi connectivity index (χ1v) is 12.7. The Balaban J connectivity index is 3.32. The van der Waals surface area contributed by atoms with Crippen molar-refractivity contribution in [2.24, 2.45) is 0 Å². The van der Waals surface area contributed by atoms with E-state index in [4.69, 9.17) is 12.8 Å². The van der Waals surface area contributed by atoms with E-state index >= 15 is 0 Å². The van der Waals surface area contributed by atoms with E-state index in [1.807, 2.05) is 0 Å². The van der Waals surface area contributed by atoms with Gasteiger partial charge in [0.2, 0.25) is 0 Å². The fourth-order valence-corrected chi connectivity index (χ4v) is 10.1. The summed E-state index contributed by atoms with van der Waals surface area (Å²) in [5, 5.41) is 0. The Kier molecular flexibility index (Phi) is 6.12. The number of carbonyl (C=O) groups excluding carboxylic acids is 3. The predicted octanol–water partition coefficient (Wildman–Crippen LogP) is 0.530. The normalized spacial score (nSPS) is 10.5. The molecule has 0 aliphatic carbocycles. The summed E-state index contributed by atoms with van der Waals surface area (Å²) in [6.45, 7) is 3.47. The second-order valence-corrected chi connectivity index (χ2v) is 13.0. The van der Waals surface area contributed by atoms with Gasteiger partial charge in [-0.2, -0.15) is 0 Å². The third kappa shape index (κ3) is 4.99. The third-order valence-electron chi connectivity index (χ3n) is 2.28. The van der Waals surface area contributed by atoms with E-state index in [0.29, 0.717) is 8.87 Å². The van der Waals surface area contributed by atoms with Gasteiger partial charge < -0.3 is 0 Å². The van der Waals surface area contributed by atoms with Crippen molar-refractivity contribution in [2.75, 3.05) is 7.11 Å². The second kappa shape index (κ2) is 7.39. The van der Waals surface area contributed by atoms with E-state index in [-0.39, 0.29) is 0 Å². The molecule has 0 aliphatic rings. The van der Waals surface area contributed by atoms with Gasteiger partial charge in [0.25, 0.3) is 0 Å². The quantitative estimate of drug-likeness (QED) is 0.556.